The average molecular weight is 195 g/mol. The number of hydrogen-bond acceptors (Lipinski definition) is 3. The van der Waals surface area contributed by atoms with Gasteiger partial charge in [0.05, 0.1) is 17.9 Å². The van der Waals surface area contributed by atoms with Crippen LogP contribution in [0, 0.1) is 11.8 Å². The van der Waals surface area contributed by atoms with Crippen LogP contribution < -0.4 is 0 Å². The van der Waals surface area contributed by atoms with Crippen molar-refractivity contribution in [2.75, 3.05) is 0 Å². The monoisotopic (exact) mass is 195 g/mol. The molecule has 0 aromatic rings. The molecule has 1 saturated carbocycles. The summed E-state index contributed by atoms with van der Waals surface area (Å²) in [6.07, 6.45) is 1.06. The van der Waals surface area contributed by atoms with Crippen molar-refractivity contribution in [3.63, 3.8) is 0 Å². The van der Waals surface area contributed by atoms with Crippen LogP contribution in [0.3, 0.4) is 0 Å². The number of ketones is 1. The van der Waals surface area contributed by atoms with Crippen molar-refractivity contribution in [2.24, 2.45) is 11.8 Å². The summed E-state index contributed by atoms with van der Waals surface area (Å²) in [5, 5.41) is 0. The molecule has 2 fully saturated rings. The molecule has 1 aliphatic heterocycles. The molecule has 0 bridgehead atoms. The Bertz CT molecular complexity index is 303. The number of hydrogen-bond donors (Lipinski definition) is 0. The Kier molecular flexibility index (Phi) is 1.94. The standard InChI is InChI=1S/C10H13NO3/c1-3-8(12)5(2)11-9(13)6-4-7(6)10(11)14/h5-7H,3-4H2,1-2H3. The zero-order chi connectivity index (χ0) is 10.5. The van der Waals surface area contributed by atoms with Gasteiger partial charge < -0.3 is 0 Å². The second-order valence-corrected chi connectivity index (χ2v) is 3.99. The van der Waals surface area contributed by atoms with Crippen LogP contribution in [0.5, 0.6) is 0 Å². The van der Waals surface area contributed by atoms with E-state index in [1.165, 1.54) is 0 Å². The Morgan fingerprint density at radius 1 is 1.43 bits per heavy atom. The van der Waals surface area contributed by atoms with Gasteiger partial charge in [-0.15, -0.1) is 0 Å². The highest BCUT2D eigenvalue weighted by molar-refractivity contribution is 6.11. The minimum absolute atomic E-state index is 0.0481. The number of carbonyl (C=O) groups is 3. The van der Waals surface area contributed by atoms with Crippen LogP contribution in [0.15, 0.2) is 0 Å². The van der Waals surface area contributed by atoms with E-state index in [9.17, 15) is 14.4 Å². The van der Waals surface area contributed by atoms with Gasteiger partial charge in [0, 0.05) is 6.42 Å². The summed E-state index contributed by atoms with van der Waals surface area (Å²) >= 11 is 0. The van der Waals surface area contributed by atoms with Crippen LogP contribution >= 0.6 is 0 Å². The second-order valence-electron chi connectivity index (χ2n) is 3.99. The topological polar surface area (TPSA) is 54.5 Å². The molecule has 0 spiro atoms. The molecule has 4 heteroatoms. The van der Waals surface area contributed by atoms with Crippen molar-refractivity contribution < 1.29 is 14.4 Å². The van der Waals surface area contributed by atoms with Crippen LogP contribution in [-0.4, -0.2) is 28.5 Å². The lowest BCUT2D eigenvalue weighted by Crippen LogP contribution is -2.44. The van der Waals surface area contributed by atoms with E-state index in [-0.39, 0.29) is 29.4 Å². The lowest BCUT2D eigenvalue weighted by Gasteiger charge is -2.22. The number of rotatable bonds is 3. The van der Waals surface area contributed by atoms with Crippen molar-refractivity contribution in [1.29, 1.82) is 0 Å². The first-order chi connectivity index (χ1) is 6.57. The van der Waals surface area contributed by atoms with Gasteiger partial charge in [-0.1, -0.05) is 6.92 Å². The molecule has 0 aromatic heterocycles. The number of Topliss-reactive ketones (excluding diaryl/α,β-unsaturated/α-hetero) is 1. The van der Waals surface area contributed by atoms with Gasteiger partial charge in [-0.05, 0) is 13.3 Å². The molecule has 76 valence electrons. The highest BCUT2D eigenvalue weighted by atomic mass is 16.2. The molecular weight excluding hydrogens is 182 g/mol. The quantitative estimate of drug-likeness (QED) is 0.611. The smallest absolute Gasteiger partial charge is 0.233 e. The minimum atomic E-state index is -0.562. The van der Waals surface area contributed by atoms with Crippen molar-refractivity contribution in [1.82, 2.24) is 4.90 Å². The molecule has 2 amide bonds. The number of carbonyl (C=O) groups excluding carboxylic acids is 3. The SMILES string of the molecule is CCC(=O)C(C)N1C(=O)C2CC2C1=O. The predicted octanol–water partition coefficient (Wildman–Crippen LogP) is 0.359. The molecular formula is C10H13NO3. The van der Waals surface area contributed by atoms with E-state index in [0.29, 0.717) is 12.8 Å². The van der Waals surface area contributed by atoms with Crippen molar-refractivity contribution >= 4 is 17.6 Å². The first kappa shape index (κ1) is 9.37. The van der Waals surface area contributed by atoms with Crippen molar-refractivity contribution in [3.05, 3.63) is 0 Å². The number of imide groups is 1. The van der Waals surface area contributed by atoms with Gasteiger partial charge in [0.1, 0.15) is 0 Å². The molecule has 14 heavy (non-hydrogen) atoms. The summed E-state index contributed by atoms with van der Waals surface area (Å²) in [5.74, 6) is -0.541. The molecule has 3 unspecified atom stereocenters. The summed E-state index contributed by atoms with van der Waals surface area (Å²) in [6.45, 7) is 3.37. The first-order valence-corrected chi connectivity index (χ1v) is 4.97. The zero-order valence-corrected chi connectivity index (χ0v) is 8.32. The maximum Gasteiger partial charge on any atom is 0.233 e. The van der Waals surface area contributed by atoms with Gasteiger partial charge >= 0.3 is 0 Å². The fraction of sp³-hybridized carbons (Fsp3) is 0.700. The highest BCUT2D eigenvalue weighted by Gasteiger charge is 2.60. The fourth-order valence-corrected chi connectivity index (χ4v) is 2.03. The maximum atomic E-state index is 11.6. The third-order valence-corrected chi connectivity index (χ3v) is 3.10. The summed E-state index contributed by atoms with van der Waals surface area (Å²) in [4.78, 5) is 35.7. The Balaban J connectivity index is 2.15. The highest BCUT2D eigenvalue weighted by Crippen LogP contribution is 2.47. The van der Waals surface area contributed by atoms with E-state index in [1.807, 2.05) is 0 Å². The van der Waals surface area contributed by atoms with E-state index < -0.39 is 6.04 Å². The largest absolute Gasteiger partial charge is 0.297 e. The van der Waals surface area contributed by atoms with Gasteiger partial charge in [0.15, 0.2) is 5.78 Å². The fourth-order valence-electron chi connectivity index (χ4n) is 2.03. The van der Waals surface area contributed by atoms with E-state index >= 15 is 0 Å². The third kappa shape index (κ3) is 1.10. The normalized spacial score (nSPS) is 31.7. The van der Waals surface area contributed by atoms with E-state index in [4.69, 9.17) is 0 Å². The van der Waals surface area contributed by atoms with Gasteiger partial charge in [-0.2, -0.15) is 0 Å². The first-order valence-electron chi connectivity index (χ1n) is 4.97. The predicted molar refractivity (Wildman–Crippen MR) is 48.2 cm³/mol. The summed E-state index contributed by atoms with van der Waals surface area (Å²) < 4.78 is 0. The number of piperidine rings is 1. The second kappa shape index (κ2) is 2.90. The summed E-state index contributed by atoms with van der Waals surface area (Å²) in [7, 11) is 0. The van der Waals surface area contributed by atoms with Gasteiger partial charge in [0.2, 0.25) is 11.8 Å². The molecule has 0 radical (unpaired) electrons. The molecule has 2 aliphatic rings. The van der Waals surface area contributed by atoms with Crippen LogP contribution in [0.25, 0.3) is 0 Å². The number of nitrogens with zero attached hydrogens (tertiary/aromatic N) is 1. The number of amides is 2. The van der Waals surface area contributed by atoms with Gasteiger partial charge in [-0.3, -0.25) is 19.3 Å². The zero-order valence-electron chi connectivity index (χ0n) is 8.32. The Labute approximate surface area is 82.3 Å². The third-order valence-electron chi connectivity index (χ3n) is 3.10. The molecule has 3 atom stereocenters. The molecule has 0 aromatic carbocycles. The lowest BCUT2D eigenvalue weighted by molar-refractivity contribution is -0.147. The van der Waals surface area contributed by atoms with Gasteiger partial charge in [0.25, 0.3) is 0 Å². The van der Waals surface area contributed by atoms with Crippen molar-refractivity contribution in [3.8, 4) is 0 Å². The molecule has 1 heterocycles. The molecule has 2 rings (SSSR count). The van der Waals surface area contributed by atoms with Crippen LogP contribution in [0.1, 0.15) is 26.7 Å². The maximum absolute atomic E-state index is 11.6. The average Bonchev–Trinajstić information content (AvgIpc) is 2.91. The van der Waals surface area contributed by atoms with E-state index in [2.05, 4.69) is 0 Å². The molecule has 0 N–H and O–H groups in total. The summed E-state index contributed by atoms with van der Waals surface area (Å²) in [6, 6.07) is -0.562. The Morgan fingerprint density at radius 3 is 2.36 bits per heavy atom. The number of fused-ring (bicyclic) bond motifs is 1. The lowest BCUT2D eigenvalue weighted by atomic mass is 10.1. The van der Waals surface area contributed by atoms with Gasteiger partial charge in [-0.25, -0.2) is 0 Å². The molecule has 4 nitrogen and oxygen atoms in total. The number of likely N-dealkylation sites (tertiary alicyclic amines) is 1. The van der Waals surface area contributed by atoms with Crippen LogP contribution in [0.2, 0.25) is 0 Å². The summed E-state index contributed by atoms with van der Waals surface area (Å²) in [5.41, 5.74) is 0. The Hall–Kier alpha value is -1.19. The van der Waals surface area contributed by atoms with E-state index in [0.717, 1.165) is 4.90 Å². The molecule has 1 aliphatic carbocycles. The van der Waals surface area contributed by atoms with Crippen LogP contribution in [0.4, 0.5) is 0 Å². The van der Waals surface area contributed by atoms with Crippen molar-refractivity contribution in [2.45, 2.75) is 32.7 Å². The van der Waals surface area contributed by atoms with E-state index in [1.54, 1.807) is 13.8 Å². The Morgan fingerprint density at radius 2 is 1.93 bits per heavy atom. The minimum Gasteiger partial charge on any atom is -0.297 e. The van der Waals surface area contributed by atoms with Crippen LogP contribution in [-0.2, 0) is 14.4 Å². The molecule has 1 saturated heterocycles.